The lowest BCUT2D eigenvalue weighted by Gasteiger charge is -2.13. The van der Waals surface area contributed by atoms with Gasteiger partial charge in [0.15, 0.2) is 0 Å². The van der Waals surface area contributed by atoms with E-state index in [0.29, 0.717) is 17.1 Å². The summed E-state index contributed by atoms with van der Waals surface area (Å²) in [5, 5.41) is 15.6. The first kappa shape index (κ1) is 15.3. The van der Waals surface area contributed by atoms with Crippen molar-refractivity contribution in [3.8, 4) is 11.4 Å². The number of aromatic nitrogens is 2. The number of nitro groups is 1. The number of benzene rings is 1. The van der Waals surface area contributed by atoms with E-state index in [4.69, 9.17) is 16.3 Å². The molecule has 0 N–H and O–H groups in total. The number of hydrogen-bond donors (Lipinski definition) is 0. The zero-order valence-electron chi connectivity index (χ0n) is 12.3. The van der Waals surface area contributed by atoms with Gasteiger partial charge in [0.05, 0.1) is 17.7 Å². The van der Waals surface area contributed by atoms with Crippen LogP contribution >= 0.6 is 11.6 Å². The third-order valence-electron chi connectivity index (χ3n) is 3.02. The first-order valence-electron chi connectivity index (χ1n) is 6.33. The minimum absolute atomic E-state index is 0.00454. The Morgan fingerprint density at radius 3 is 2.24 bits per heavy atom. The third-order valence-corrected chi connectivity index (χ3v) is 3.35. The predicted octanol–water partition coefficient (Wildman–Crippen LogP) is 3.74. The van der Waals surface area contributed by atoms with Gasteiger partial charge in [0, 0.05) is 5.41 Å². The molecular formula is C14H16ClN3O3. The lowest BCUT2D eigenvalue weighted by Crippen LogP contribution is -2.14. The molecule has 0 amide bonds. The normalized spacial score (nSPS) is 11.5. The first-order valence-corrected chi connectivity index (χ1v) is 6.71. The highest BCUT2D eigenvalue weighted by Gasteiger charge is 2.34. The summed E-state index contributed by atoms with van der Waals surface area (Å²) >= 11 is 6.17. The molecule has 1 aromatic heterocycles. The molecule has 2 rings (SSSR count). The summed E-state index contributed by atoms with van der Waals surface area (Å²) in [7, 11) is 1.57. The number of halogens is 1. The summed E-state index contributed by atoms with van der Waals surface area (Å²) in [6.07, 6.45) is 0. The van der Waals surface area contributed by atoms with Crippen molar-refractivity contribution in [3.63, 3.8) is 0 Å². The Bertz CT molecular complexity index is 672. The van der Waals surface area contributed by atoms with Crippen molar-refractivity contribution in [2.24, 2.45) is 0 Å². The average molecular weight is 310 g/mol. The highest BCUT2D eigenvalue weighted by atomic mass is 35.5. The van der Waals surface area contributed by atoms with E-state index < -0.39 is 10.3 Å². The van der Waals surface area contributed by atoms with Crippen LogP contribution in [0, 0.1) is 10.1 Å². The fourth-order valence-corrected chi connectivity index (χ4v) is 2.24. The fourth-order valence-electron chi connectivity index (χ4n) is 1.95. The first-order chi connectivity index (χ1) is 9.75. The van der Waals surface area contributed by atoms with Gasteiger partial charge in [-0.2, -0.15) is 5.10 Å². The van der Waals surface area contributed by atoms with Gasteiger partial charge in [-0.3, -0.25) is 10.1 Å². The van der Waals surface area contributed by atoms with Crippen LogP contribution in [0.3, 0.4) is 0 Å². The van der Waals surface area contributed by atoms with E-state index in [1.807, 2.05) is 20.8 Å². The molecule has 7 heteroatoms. The van der Waals surface area contributed by atoms with E-state index in [2.05, 4.69) is 5.10 Å². The molecule has 0 saturated carbocycles. The van der Waals surface area contributed by atoms with Gasteiger partial charge in [-0.25, -0.2) is 4.68 Å². The molecule has 21 heavy (non-hydrogen) atoms. The Hall–Kier alpha value is -2.08. The van der Waals surface area contributed by atoms with E-state index in [0.717, 1.165) is 0 Å². The molecular weight excluding hydrogens is 294 g/mol. The highest BCUT2D eigenvalue weighted by Crippen LogP contribution is 2.37. The van der Waals surface area contributed by atoms with Crippen LogP contribution in [0.25, 0.3) is 5.69 Å². The van der Waals surface area contributed by atoms with Gasteiger partial charge < -0.3 is 4.74 Å². The van der Waals surface area contributed by atoms with E-state index in [1.54, 1.807) is 31.4 Å². The summed E-state index contributed by atoms with van der Waals surface area (Å²) in [5.41, 5.74) is 0.358. The van der Waals surface area contributed by atoms with Crippen molar-refractivity contribution in [3.05, 3.63) is 45.2 Å². The van der Waals surface area contributed by atoms with Crippen molar-refractivity contribution in [2.75, 3.05) is 7.11 Å². The van der Waals surface area contributed by atoms with Crippen molar-refractivity contribution in [2.45, 2.75) is 26.2 Å². The topological polar surface area (TPSA) is 70.2 Å². The Morgan fingerprint density at radius 2 is 1.86 bits per heavy atom. The Balaban J connectivity index is 2.62. The summed E-state index contributed by atoms with van der Waals surface area (Å²) in [6.45, 7) is 5.57. The summed E-state index contributed by atoms with van der Waals surface area (Å²) in [5.74, 6) is 0.688. The minimum Gasteiger partial charge on any atom is -0.497 e. The molecule has 0 unspecified atom stereocenters. The van der Waals surface area contributed by atoms with Crippen LogP contribution in [0.4, 0.5) is 5.69 Å². The molecule has 0 aliphatic carbocycles. The van der Waals surface area contributed by atoms with Crippen LogP contribution in [0.5, 0.6) is 5.75 Å². The molecule has 2 aromatic rings. The third kappa shape index (κ3) is 2.85. The zero-order valence-corrected chi connectivity index (χ0v) is 13.0. The second-order valence-electron chi connectivity index (χ2n) is 5.60. The summed E-state index contributed by atoms with van der Waals surface area (Å²) in [6, 6.07) is 6.98. The second-order valence-corrected chi connectivity index (χ2v) is 5.96. The van der Waals surface area contributed by atoms with Gasteiger partial charge >= 0.3 is 5.69 Å². The van der Waals surface area contributed by atoms with Crippen molar-refractivity contribution >= 4 is 17.3 Å². The number of ether oxygens (including phenoxy) is 1. The van der Waals surface area contributed by atoms with Crippen LogP contribution in [-0.2, 0) is 5.41 Å². The smallest absolute Gasteiger partial charge is 0.330 e. The maximum Gasteiger partial charge on any atom is 0.330 e. The number of hydrogen-bond acceptors (Lipinski definition) is 4. The van der Waals surface area contributed by atoms with E-state index in [1.165, 1.54) is 4.68 Å². The predicted molar refractivity (Wildman–Crippen MR) is 80.5 cm³/mol. The minimum atomic E-state index is -0.490. The molecule has 112 valence electrons. The molecule has 1 heterocycles. The van der Waals surface area contributed by atoms with Crippen molar-refractivity contribution in [1.29, 1.82) is 0 Å². The number of methoxy groups -OCH3 is 1. The molecule has 0 aliphatic rings. The van der Waals surface area contributed by atoms with Crippen LogP contribution in [0.2, 0.25) is 5.15 Å². The van der Waals surface area contributed by atoms with Crippen molar-refractivity contribution in [1.82, 2.24) is 9.78 Å². The molecule has 0 saturated heterocycles. The van der Waals surface area contributed by atoms with Gasteiger partial charge in [0.1, 0.15) is 11.4 Å². The monoisotopic (exact) mass is 309 g/mol. The SMILES string of the molecule is COc1ccc(-n2nc(C(C)(C)C)c([N+](=O)[O-])c2Cl)cc1. The molecule has 0 atom stereocenters. The molecule has 0 fully saturated rings. The maximum atomic E-state index is 11.3. The van der Waals surface area contributed by atoms with Crippen LogP contribution < -0.4 is 4.74 Å². The second kappa shape index (κ2) is 5.37. The Morgan fingerprint density at radius 1 is 1.29 bits per heavy atom. The fraction of sp³-hybridized carbons (Fsp3) is 0.357. The largest absolute Gasteiger partial charge is 0.497 e. The van der Waals surface area contributed by atoms with Crippen LogP contribution in [0.1, 0.15) is 26.5 Å². The Kier molecular flexibility index (Phi) is 3.91. The van der Waals surface area contributed by atoms with E-state index in [9.17, 15) is 10.1 Å². The van der Waals surface area contributed by atoms with Gasteiger partial charge in [0.25, 0.3) is 0 Å². The van der Waals surface area contributed by atoms with Gasteiger partial charge in [0.2, 0.25) is 5.15 Å². The zero-order chi connectivity index (χ0) is 15.8. The standard InChI is InChI=1S/C14H16ClN3O3/c1-14(2,3)12-11(18(19)20)13(15)17(16-12)9-5-7-10(21-4)8-6-9/h5-8H,1-4H3. The van der Waals surface area contributed by atoms with E-state index >= 15 is 0 Å². The molecule has 6 nitrogen and oxygen atoms in total. The molecule has 0 bridgehead atoms. The average Bonchev–Trinajstić information content (AvgIpc) is 2.76. The number of nitrogens with zero attached hydrogens (tertiary/aromatic N) is 3. The summed E-state index contributed by atoms with van der Waals surface area (Å²) in [4.78, 5) is 10.8. The quantitative estimate of drug-likeness (QED) is 0.639. The van der Waals surface area contributed by atoms with Gasteiger partial charge in [-0.1, -0.05) is 32.4 Å². The lowest BCUT2D eigenvalue weighted by molar-refractivity contribution is -0.385. The van der Waals surface area contributed by atoms with Gasteiger partial charge in [-0.05, 0) is 24.3 Å². The van der Waals surface area contributed by atoms with Crippen LogP contribution in [-0.4, -0.2) is 21.8 Å². The summed E-state index contributed by atoms with van der Waals surface area (Å²) < 4.78 is 6.46. The van der Waals surface area contributed by atoms with Crippen molar-refractivity contribution < 1.29 is 9.66 Å². The molecule has 1 aromatic carbocycles. The molecule has 0 spiro atoms. The molecule has 0 aliphatic heterocycles. The van der Waals surface area contributed by atoms with E-state index in [-0.39, 0.29) is 10.8 Å². The number of rotatable bonds is 3. The highest BCUT2D eigenvalue weighted by molar-refractivity contribution is 6.32. The van der Waals surface area contributed by atoms with Crippen LogP contribution in [0.15, 0.2) is 24.3 Å². The lowest BCUT2D eigenvalue weighted by atomic mass is 9.91. The van der Waals surface area contributed by atoms with Gasteiger partial charge in [-0.15, -0.1) is 0 Å². The maximum absolute atomic E-state index is 11.3. The Labute approximate surface area is 127 Å². The molecule has 0 radical (unpaired) electrons.